The van der Waals surface area contributed by atoms with E-state index in [0.717, 1.165) is 4.88 Å². The van der Waals surface area contributed by atoms with Gasteiger partial charge in [-0.05, 0) is 30.5 Å². The predicted octanol–water partition coefficient (Wildman–Crippen LogP) is 3.59. The molecule has 1 aromatic carbocycles. The summed E-state index contributed by atoms with van der Waals surface area (Å²) in [4.78, 5) is 28.1. The molecule has 0 aliphatic carbocycles. The molecule has 0 radical (unpaired) electrons. The Kier molecular flexibility index (Phi) is 6.18. The van der Waals surface area contributed by atoms with Gasteiger partial charge in [-0.2, -0.15) is 0 Å². The van der Waals surface area contributed by atoms with Gasteiger partial charge in [0, 0.05) is 23.6 Å². The standard InChI is InChI=1S/C20H21N3O5S/c1-12-8-16(22-28-12)19(24)21-15-9-13(10-17(26-3)18(15)27-4)20(25)23(2)11-14-6-5-7-29-14/h5-10H,11H2,1-4H3,(H,21,24). The Labute approximate surface area is 172 Å². The molecule has 0 aliphatic rings. The van der Waals surface area contributed by atoms with Crippen LogP contribution in [-0.4, -0.2) is 43.1 Å². The molecule has 2 amide bonds. The van der Waals surface area contributed by atoms with Crippen LogP contribution in [0, 0.1) is 6.92 Å². The molecule has 0 fully saturated rings. The molecule has 9 heteroatoms. The van der Waals surface area contributed by atoms with Gasteiger partial charge in [-0.3, -0.25) is 9.59 Å². The fourth-order valence-corrected chi connectivity index (χ4v) is 3.53. The second-order valence-electron chi connectivity index (χ2n) is 6.28. The Morgan fingerprint density at radius 3 is 2.62 bits per heavy atom. The van der Waals surface area contributed by atoms with Crippen molar-refractivity contribution in [2.45, 2.75) is 13.5 Å². The lowest BCUT2D eigenvalue weighted by Gasteiger charge is -2.19. The first-order valence-electron chi connectivity index (χ1n) is 8.71. The van der Waals surface area contributed by atoms with Crippen LogP contribution < -0.4 is 14.8 Å². The van der Waals surface area contributed by atoms with E-state index in [0.29, 0.717) is 35.1 Å². The minimum atomic E-state index is -0.487. The van der Waals surface area contributed by atoms with Gasteiger partial charge in [0.1, 0.15) is 5.76 Å². The van der Waals surface area contributed by atoms with Gasteiger partial charge in [-0.1, -0.05) is 11.2 Å². The Balaban J connectivity index is 1.90. The van der Waals surface area contributed by atoms with E-state index < -0.39 is 5.91 Å². The number of aromatic nitrogens is 1. The van der Waals surface area contributed by atoms with Crippen molar-refractivity contribution in [3.05, 3.63) is 57.6 Å². The predicted molar refractivity (Wildman–Crippen MR) is 109 cm³/mol. The van der Waals surface area contributed by atoms with Crippen molar-refractivity contribution in [2.75, 3.05) is 26.6 Å². The molecule has 29 heavy (non-hydrogen) atoms. The second kappa shape index (κ2) is 8.78. The molecule has 0 saturated carbocycles. The van der Waals surface area contributed by atoms with Crippen LogP contribution in [0.5, 0.6) is 11.5 Å². The number of nitrogens with zero attached hydrogens (tertiary/aromatic N) is 2. The molecule has 3 rings (SSSR count). The zero-order chi connectivity index (χ0) is 21.0. The molecule has 0 bridgehead atoms. The molecule has 0 saturated heterocycles. The van der Waals surface area contributed by atoms with E-state index in [9.17, 15) is 9.59 Å². The van der Waals surface area contributed by atoms with E-state index in [2.05, 4.69) is 10.5 Å². The van der Waals surface area contributed by atoms with Gasteiger partial charge in [0.2, 0.25) is 0 Å². The van der Waals surface area contributed by atoms with Crippen molar-refractivity contribution in [1.82, 2.24) is 10.1 Å². The molecule has 3 aromatic rings. The SMILES string of the molecule is COc1cc(C(=O)N(C)Cc2cccs2)cc(NC(=O)c2cc(C)on2)c1OC. The number of amides is 2. The largest absolute Gasteiger partial charge is 0.493 e. The third-order valence-corrected chi connectivity index (χ3v) is 5.02. The van der Waals surface area contributed by atoms with Crippen LogP contribution in [0.1, 0.15) is 31.5 Å². The minimum Gasteiger partial charge on any atom is -0.493 e. The van der Waals surface area contributed by atoms with Gasteiger partial charge in [0.25, 0.3) is 11.8 Å². The zero-order valence-corrected chi connectivity index (χ0v) is 17.3. The summed E-state index contributed by atoms with van der Waals surface area (Å²) >= 11 is 1.58. The highest BCUT2D eigenvalue weighted by atomic mass is 32.1. The van der Waals surface area contributed by atoms with Gasteiger partial charge in [0.15, 0.2) is 17.2 Å². The number of aryl methyl sites for hydroxylation is 1. The fourth-order valence-electron chi connectivity index (χ4n) is 2.77. The number of ether oxygens (including phenoxy) is 2. The van der Waals surface area contributed by atoms with E-state index in [4.69, 9.17) is 14.0 Å². The second-order valence-corrected chi connectivity index (χ2v) is 7.31. The van der Waals surface area contributed by atoms with Crippen molar-refractivity contribution in [1.29, 1.82) is 0 Å². The summed E-state index contributed by atoms with van der Waals surface area (Å²) in [5.41, 5.74) is 0.772. The number of nitrogens with one attached hydrogen (secondary N) is 1. The van der Waals surface area contributed by atoms with Crippen molar-refractivity contribution in [2.24, 2.45) is 0 Å². The van der Waals surface area contributed by atoms with Gasteiger partial charge in [-0.25, -0.2) is 0 Å². The first kappa shape index (κ1) is 20.4. The summed E-state index contributed by atoms with van der Waals surface area (Å²) in [5.74, 6) is 0.442. The Hall–Kier alpha value is -3.33. The van der Waals surface area contributed by atoms with Crippen molar-refractivity contribution >= 4 is 28.8 Å². The minimum absolute atomic E-state index is 0.120. The molecule has 0 aliphatic heterocycles. The third-order valence-electron chi connectivity index (χ3n) is 4.15. The van der Waals surface area contributed by atoms with Gasteiger partial charge in [-0.15, -0.1) is 11.3 Å². The van der Waals surface area contributed by atoms with Crippen LogP contribution in [0.3, 0.4) is 0 Å². The highest BCUT2D eigenvalue weighted by Gasteiger charge is 2.21. The number of thiophene rings is 1. The molecule has 2 aromatic heterocycles. The Morgan fingerprint density at radius 2 is 2.03 bits per heavy atom. The number of methoxy groups -OCH3 is 2. The molecular formula is C20H21N3O5S. The van der Waals surface area contributed by atoms with Gasteiger partial charge in [0.05, 0.1) is 26.5 Å². The number of rotatable bonds is 7. The fraction of sp³-hybridized carbons (Fsp3) is 0.250. The van der Waals surface area contributed by atoms with E-state index in [1.165, 1.54) is 20.3 Å². The Bertz CT molecular complexity index is 1010. The summed E-state index contributed by atoms with van der Waals surface area (Å²) in [7, 11) is 4.64. The number of anilines is 1. The van der Waals surface area contributed by atoms with Gasteiger partial charge >= 0.3 is 0 Å². The van der Waals surface area contributed by atoms with Gasteiger partial charge < -0.3 is 24.2 Å². The monoisotopic (exact) mass is 415 g/mol. The molecular weight excluding hydrogens is 394 g/mol. The number of hydrogen-bond donors (Lipinski definition) is 1. The lowest BCUT2D eigenvalue weighted by Crippen LogP contribution is -2.26. The topological polar surface area (TPSA) is 93.9 Å². The number of carbonyl (C=O) groups is 2. The van der Waals surface area contributed by atoms with Crippen LogP contribution in [-0.2, 0) is 6.54 Å². The van der Waals surface area contributed by atoms with Crippen molar-refractivity contribution < 1.29 is 23.6 Å². The maximum atomic E-state index is 12.9. The smallest absolute Gasteiger partial charge is 0.277 e. The normalized spacial score (nSPS) is 10.5. The molecule has 0 atom stereocenters. The highest BCUT2D eigenvalue weighted by Crippen LogP contribution is 2.37. The summed E-state index contributed by atoms with van der Waals surface area (Å²) in [6, 6.07) is 8.56. The Morgan fingerprint density at radius 1 is 1.24 bits per heavy atom. The summed E-state index contributed by atoms with van der Waals surface area (Å²) in [5, 5.41) is 8.38. The zero-order valence-electron chi connectivity index (χ0n) is 16.5. The van der Waals surface area contributed by atoms with E-state index in [-0.39, 0.29) is 11.6 Å². The van der Waals surface area contributed by atoms with E-state index in [1.54, 1.807) is 42.3 Å². The average molecular weight is 415 g/mol. The summed E-state index contributed by atoms with van der Waals surface area (Å²) < 4.78 is 15.7. The van der Waals surface area contributed by atoms with Crippen LogP contribution >= 0.6 is 11.3 Å². The maximum absolute atomic E-state index is 12.9. The van der Waals surface area contributed by atoms with E-state index >= 15 is 0 Å². The molecule has 0 unspecified atom stereocenters. The summed E-state index contributed by atoms with van der Waals surface area (Å²) in [6.07, 6.45) is 0. The number of carbonyl (C=O) groups excluding carboxylic acids is 2. The van der Waals surface area contributed by atoms with Crippen molar-refractivity contribution in [3.8, 4) is 11.5 Å². The number of benzene rings is 1. The molecule has 1 N–H and O–H groups in total. The van der Waals surface area contributed by atoms with Crippen LogP contribution in [0.4, 0.5) is 5.69 Å². The highest BCUT2D eigenvalue weighted by molar-refractivity contribution is 7.09. The van der Waals surface area contributed by atoms with Crippen LogP contribution in [0.25, 0.3) is 0 Å². The maximum Gasteiger partial charge on any atom is 0.277 e. The quantitative estimate of drug-likeness (QED) is 0.634. The lowest BCUT2D eigenvalue weighted by atomic mass is 10.1. The van der Waals surface area contributed by atoms with Crippen LogP contribution in [0.2, 0.25) is 0 Å². The van der Waals surface area contributed by atoms with Crippen LogP contribution in [0.15, 0.2) is 40.2 Å². The van der Waals surface area contributed by atoms with E-state index in [1.807, 2.05) is 17.5 Å². The first-order chi connectivity index (χ1) is 13.9. The third kappa shape index (κ3) is 4.57. The molecule has 2 heterocycles. The lowest BCUT2D eigenvalue weighted by molar-refractivity contribution is 0.0785. The molecule has 8 nitrogen and oxygen atoms in total. The first-order valence-corrected chi connectivity index (χ1v) is 9.59. The van der Waals surface area contributed by atoms with Crippen molar-refractivity contribution in [3.63, 3.8) is 0 Å². The number of hydrogen-bond acceptors (Lipinski definition) is 7. The molecule has 0 spiro atoms. The molecule has 152 valence electrons. The summed E-state index contributed by atoms with van der Waals surface area (Å²) in [6.45, 7) is 2.17. The average Bonchev–Trinajstić information content (AvgIpc) is 3.38.